The highest BCUT2D eigenvalue weighted by molar-refractivity contribution is 9.10. The molecule has 18 heavy (non-hydrogen) atoms. The summed E-state index contributed by atoms with van der Waals surface area (Å²) in [5.74, 6) is -0.277. The molecule has 98 valence electrons. The minimum Gasteiger partial charge on any atom is -0.457 e. The number of hydrogen-bond acceptors (Lipinski definition) is 4. The monoisotopic (exact) mass is 316 g/mol. The summed E-state index contributed by atoms with van der Waals surface area (Å²) < 4.78 is 10.4. The molecule has 6 nitrogen and oxygen atoms in total. The number of ether oxygens (including phenoxy) is 1. The maximum absolute atomic E-state index is 12.1. The molecule has 7 heteroatoms. The molecule has 0 unspecified atom stereocenters. The van der Waals surface area contributed by atoms with Crippen LogP contribution in [0.4, 0.5) is 0 Å². The topological polar surface area (TPSA) is 63.0 Å². The van der Waals surface area contributed by atoms with Crippen LogP contribution in [-0.4, -0.2) is 55.1 Å². The summed E-state index contributed by atoms with van der Waals surface area (Å²) in [5, 5.41) is 0. The van der Waals surface area contributed by atoms with Crippen molar-refractivity contribution in [2.24, 2.45) is 0 Å². The Hall–Kier alpha value is -1.34. The second-order valence-corrected chi connectivity index (χ2v) is 4.72. The molecule has 2 heterocycles. The second-order valence-electron chi connectivity index (χ2n) is 3.93. The molecular weight excluding hydrogens is 304 g/mol. The first-order chi connectivity index (χ1) is 8.61. The van der Waals surface area contributed by atoms with Crippen molar-refractivity contribution in [3.63, 3.8) is 0 Å². The summed E-state index contributed by atoms with van der Waals surface area (Å²) in [4.78, 5) is 26.8. The number of furan rings is 1. The van der Waals surface area contributed by atoms with Gasteiger partial charge in [-0.2, -0.15) is 0 Å². The van der Waals surface area contributed by atoms with Crippen LogP contribution in [0.15, 0.2) is 21.4 Å². The van der Waals surface area contributed by atoms with E-state index in [0.29, 0.717) is 30.1 Å². The van der Waals surface area contributed by atoms with E-state index < -0.39 is 0 Å². The fraction of sp³-hybridized carbons (Fsp3) is 0.455. The Bertz CT molecular complexity index is 460. The number of hydrogen-bond donors (Lipinski definition) is 0. The van der Waals surface area contributed by atoms with Gasteiger partial charge in [0, 0.05) is 19.7 Å². The van der Waals surface area contributed by atoms with Gasteiger partial charge in [0.15, 0.2) is 4.67 Å². The fourth-order valence-electron chi connectivity index (χ4n) is 1.74. The number of nitrogens with zero attached hydrogens (tertiary/aromatic N) is 2. The summed E-state index contributed by atoms with van der Waals surface area (Å²) in [6, 6.07) is 1.59. The van der Waals surface area contributed by atoms with Crippen LogP contribution < -0.4 is 0 Å². The molecule has 1 aliphatic heterocycles. The number of amides is 2. The van der Waals surface area contributed by atoms with Gasteiger partial charge >= 0.3 is 0 Å². The molecule has 0 aliphatic carbocycles. The molecule has 1 fully saturated rings. The third-order valence-electron chi connectivity index (χ3n) is 2.69. The van der Waals surface area contributed by atoms with Crippen molar-refractivity contribution < 1.29 is 18.7 Å². The Labute approximate surface area is 113 Å². The molecule has 0 aromatic carbocycles. The molecule has 2 amide bonds. The van der Waals surface area contributed by atoms with Crippen LogP contribution in [0, 0.1) is 0 Å². The van der Waals surface area contributed by atoms with Crippen LogP contribution in [0.5, 0.6) is 0 Å². The first-order valence-electron chi connectivity index (χ1n) is 5.42. The van der Waals surface area contributed by atoms with Crippen molar-refractivity contribution in [3.05, 3.63) is 22.6 Å². The van der Waals surface area contributed by atoms with Crippen molar-refractivity contribution in [3.8, 4) is 0 Å². The lowest BCUT2D eigenvalue weighted by Crippen LogP contribution is -2.32. The smallest absolute Gasteiger partial charge is 0.259 e. The number of halogens is 1. The van der Waals surface area contributed by atoms with Gasteiger partial charge in [0.25, 0.3) is 5.91 Å². The van der Waals surface area contributed by atoms with Crippen molar-refractivity contribution in [1.82, 2.24) is 9.80 Å². The highest BCUT2D eigenvalue weighted by Crippen LogP contribution is 2.17. The molecule has 1 aromatic heterocycles. The zero-order valence-electron chi connectivity index (χ0n) is 9.89. The highest BCUT2D eigenvalue weighted by atomic mass is 79.9. The van der Waals surface area contributed by atoms with E-state index >= 15 is 0 Å². The lowest BCUT2D eigenvalue weighted by atomic mass is 10.3. The lowest BCUT2D eigenvalue weighted by Gasteiger charge is -2.17. The largest absolute Gasteiger partial charge is 0.457 e. The van der Waals surface area contributed by atoms with Gasteiger partial charge in [0.05, 0.1) is 18.8 Å². The highest BCUT2D eigenvalue weighted by Gasteiger charge is 2.31. The Morgan fingerprint density at radius 1 is 1.61 bits per heavy atom. The van der Waals surface area contributed by atoms with Crippen LogP contribution in [0.1, 0.15) is 10.4 Å². The van der Waals surface area contributed by atoms with E-state index in [1.54, 1.807) is 18.1 Å². The first-order valence-corrected chi connectivity index (χ1v) is 6.21. The maximum Gasteiger partial charge on any atom is 0.259 e. The summed E-state index contributed by atoms with van der Waals surface area (Å²) in [6.07, 6.45) is 1.37. The van der Waals surface area contributed by atoms with Gasteiger partial charge in [0.2, 0.25) is 5.91 Å². The van der Waals surface area contributed by atoms with Crippen molar-refractivity contribution in [2.75, 3.05) is 33.5 Å². The zero-order valence-corrected chi connectivity index (χ0v) is 11.5. The molecule has 1 aliphatic rings. The first kappa shape index (κ1) is 13.1. The van der Waals surface area contributed by atoms with Crippen LogP contribution >= 0.6 is 15.9 Å². The van der Waals surface area contributed by atoms with Gasteiger partial charge in [-0.1, -0.05) is 0 Å². The van der Waals surface area contributed by atoms with Gasteiger partial charge in [-0.05, 0) is 15.9 Å². The van der Waals surface area contributed by atoms with Gasteiger partial charge < -0.3 is 19.0 Å². The van der Waals surface area contributed by atoms with E-state index in [1.807, 2.05) is 0 Å². The quantitative estimate of drug-likeness (QED) is 0.829. The van der Waals surface area contributed by atoms with Crippen molar-refractivity contribution in [2.45, 2.75) is 0 Å². The maximum atomic E-state index is 12.1. The molecular formula is C11H13BrN2O4. The van der Waals surface area contributed by atoms with Crippen LogP contribution in [0.25, 0.3) is 0 Å². The van der Waals surface area contributed by atoms with Crippen molar-refractivity contribution in [1.29, 1.82) is 0 Å². The molecule has 0 spiro atoms. The Morgan fingerprint density at radius 3 is 3.00 bits per heavy atom. The van der Waals surface area contributed by atoms with E-state index in [4.69, 9.17) is 9.15 Å². The molecule has 0 saturated carbocycles. The Balaban J connectivity index is 1.99. The van der Waals surface area contributed by atoms with E-state index in [0.717, 1.165) is 0 Å². The zero-order chi connectivity index (χ0) is 13.1. The minimum atomic E-state index is -0.210. The fourth-order valence-corrected chi connectivity index (χ4v) is 2.08. The van der Waals surface area contributed by atoms with Gasteiger partial charge in [-0.15, -0.1) is 0 Å². The molecule has 0 atom stereocenters. The summed E-state index contributed by atoms with van der Waals surface area (Å²) in [7, 11) is 1.58. The minimum absolute atomic E-state index is 0.0667. The molecule has 1 saturated heterocycles. The number of methoxy groups -OCH3 is 1. The predicted molar refractivity (Wildman–Crippen MR) is 65.9 cm³/mol. The van der Waals surface area contributed by atoms with Gasteiger partial charge in [-0.3, -0.25) is 9.59 Å². The lowest BCUT2D eigenvalue weighted by molar-refractivity contribution is -0.127. The van der Waals surface area contributed by atoms with E-state index in [1.165, 1.54) is 11.2 Å². The van der Waals surface area contributed by atoms with Gasteiger partial charge in [-0.25, -0.2) is 0 Å². The standard InChI is InChI=1S/C11H13BrN2O4/c1-17-3-2-13-7-14(5-10(13)15)11(16)8-4-9(12)18-6-8/h4,6H,2-3,5,7H2,1H3. The third kappa shape index (κ3) is 2.73. The van der Waals surface area contributed by atoms with Crippen LogP contribution in [0.2, 0.25) is 0 Å². The summed E-state index contributed by atoms with van der Waals surface area (Å²) in [6.45, 7) is 1.36. The number of carbonyl (C=O) groups is 2. The van der Waals surface area contributed by atoms with Crippen LogP contribution in [-0.2, 0) is 9.53 Å². The van der Waals surface area contributed by atoms with Crippen LogP contribution in [0.3, 0.4) is 0 Å². The molecule has 1 aromatic rings. The Kier molecular flexibility index (Phi) is 4.03. The van der Waals surface area contributed by atoms with Crippen molar-refractivity contribution >= 4 is 27.7 Å². The number of carbonyl (C=O) groups excluding carboxylic acids is 2. The Morgan fingerprint density at radius 2 is 2.39 bits per heavy atom. The SMILES string of the molecule is COCCN1CN(C(=O)c2coc(Br)c2)CC1=O. The second kappa shape index (κ2) is 5.53. The summed E-state index contributed by atoms with van der Waals surface area (Å²) in [5.41, 5.74) is 0.434. The summed E-state index contributed by atoms with van der Waals surface area (Å²) >= 11 is 3.14. The predicted octanol–water partition coefficient (Wildman–Crippen LogP) is 0.930. The number of rotatable bonds is 4. The average Bonchev–Trinajstić information content (AvgIpc) is 2.92. The van der Waals surface area contributed by atoms with E-state index in [-0.39, 0.29) is 18.4 Å². The molecule has 0 N–H and O–H groups in total. The molecule has 2 rings (SSSR count). The third-order valence-corrected chi connectivity index (χ3v) is 3.10. The van der Waals surface area contributed by atoms with E-state index in [2.05, 4.69) is 15.9 Å². The average molecular weight is 317 g/mol. The normalized spacial score (nSPS) is 15.6. The van der Waals surface area contributed by atoms with E-state index in [9.17, 15) is 9.59 Å². The molecule has 0 bridgehead atoms. The van der Waals surface area contributed by atoms with Gasteiger partial charge in [0.1, 0.15) is 12.8 Å². The molecule has 0 radical (unpaired) electrons.